The molecule has 3 heterocycles. The van der Waals surface area contributed by atoms with Crippen LogP contribution in [0.25, 0.3) is 16.2 Å². The molecule has 4 aromatic rings. The molecule has 0 radical (unpaired) electrons. The van der Waals surface area contributed by atoms with Crippen LogP contribution in [0.3, 0.4) is 0 Å². The molecule has 0 aliphatic heterocycles. The van der Waals surface area contributed by atoms with Crippen LogP contribution in [0.2, 0.25) is 0 Å². The van der Waals surface area contributed by atoms with Gasteiger partial charge in [0.25, 0.3) is 15.6 Å². The van der Waals surface area contributed by atoms with Crippen molar-refractivity contribution in [1.82, 2.24) is 9.38 Å². The molecule has 0 bridgehead atoms. The molecule has 1 N–H and O–H groups in total. The van der Waals surface area contributed by atoms with E-state index in [1.807, 2.05) is 11.4 Å². The summed E-state index contributed by atoms with van der Waals surface area (Å²) in [5, 5.41) is 3.56. The van der Waals surface area contributed by atoms with Gasteiger partial charge in [0.05, 0.1) is 5.69 Å². The minimum absolute atomic E-state index is 0.159. The van der Waals surface area contributed by atoms with Gasteiger partial charge in [-0.15, -0.1) is 22.7 Å². The van der Waals surface area contributed by atoms with Crippen molar-refractivity contribution in [3.05, 3.63) is 69.3 Å². The summed E-state index contributed by atoms with van der Waals surface area (Å²) < 4.78 is 29.2. The number of benzene rings is 1. The van der Waals surface area contributed by atoms with E-state index in [-0.39, 0.29) is 9.77 Å². The maximum atomic E-state index is 12.4. The lowest BCUT2D eigenvalue weighted by molar-refractivity contribution is 0.603. The summed E-state index contributed by atoms with van der Waals surface area (Å²) in [7, 11) is -3.62. The number of thiophene rings is 1. The molecule has 0 atom stereocenters. The van der Waals surface area contributed by atoms with Crippen LogP contribution in [0.15, 0.2) is 62.2 Å². The Hall–Kier alpha value is -2.49. The van der Waals surface area contributed by atoms with E-state index < -0.39 is 10.0 Å². The fourth-order valence-corrected chi connectivity index (χ4v) is 5.58. The van der Waals surface area contributed by atoms with Crippen LogP contribution >= 0.6 is 22.7 Å². The number of anilines is 1. The molecule has 0 aliphatic carbocycles. The number of rotatable bonds is 4. The van der Waals surface area contributed by atoms with Crippen molar-refractivity contribution in [3.63, 3.8) is 0 Å². The molecular weight excluding hydrogens is 390 g/mol. The molecule has 4 rings (SSSR count). The lowest BCUT2D eigenvalue weighted by atomic mass is 10.1. The predicted molar refractivity (Wildman–Crippen MR) is 105 cm³/mol. The molecule has 0 fully saturated rings. The van der Waals surface area contributed by atoms with E-state index in [2.05, 4.69) is 9.71 Å². The standard InChI is InChI=1S/C17H13N3O3S3/c1-11-8-15(21)20-14(10-25-17(20)18-11)12-4-2-5-13(9-12)19-26(22,23)16-6-3-7-24-16/h2-10,19H,1H3. The van der Waals surface area contributed by atoms with Gasteiger partial charge < -0.3 is 0 Å². The van der Waals surface area contributed by atoms with Crippen LogP contribution in [0.1, 0.15) is 5.69 Å². The molecule has 6 nitrogen and oxygen atoms in total. The van der Waals surface area contributed by atoms with Gasteiger partial charge in [-0.25, -0.2) is 13.4 Å². The van der Waals surface area contributed by atoms with Crippen LogP contribution in [-0.4, -0.2) is 17.8 Å². The van der Waals surface area contributed by atoms with E-state index in [0.717, 1.165) is 16.9 Å². The zero-order valence-corrected chi connectivity index (χ0v) is 16.0. The Morgan fingerprint density at radius 3 is 2.73 bits per heavy atom. The fraction of sp³-hybridized carbons (Fsp3) is 0.0588. The van der Waals surface area contributed by atoms with E-state index in [9.17, 15) is 13.2 Å². The van der Waals surface area contributed by atoms with Gasteiger partial charge in [0.15, 0.2) is 4.96 Å². The Bertz CT molecular complexity index is 1260. The van der Waals surface area contributed by atoms with Crippen molar-refractivity contribution in [3.8, 4) is 11.3 Å². The van der Waals surface area contributed by atoms with Gasteiger partial charge in [0, 0.05) is 28.4 Å². The molecule has 0 saturated heterocycles. The third kappa shape index (κ3) is 3.05. The highest BCUT2D eigenvalue weighted by Gasteiger charge is 2.16. The first-order valence-electron chi connectivity index (χ1n) is 7.59. The molecule has 26 heavy (non-hydrogen) atoms. The van der Waals surface area contributed by atoms with Crippen LogP contribution < -0.4 is 10.3 Å². The first-order valence-corrected chi connectivity index (χ1v) is 10.8. The highest BCUT2D eigenvalue weighted by atomic mass is 32.2. The maximum absolute atomic E-state index is 12.4. The minimum Gasteiger partial charge on any atom is -0.279 e. The van der Waals surface area contributed by atoms with Crippen molar-refractivity contribution >= 4 is 43.3 Å². The Labute approximate surface area is 157 Å². The summed E-state index contributed by atoms with van der Waals surface area (Å²) in [5.74, 6) is 0. The topological polar surface area (TPSA) is 80.5 Å². The lowest BCUT2D eigenvalue weighted by Crippen LogP contribution is -2.14. The van der Waals surface area contributed by atoms with Gasteiger partial charge >= 0.3 is 0 Å². The Morgan fingerprint density at radius 2 is 1.96 bits per heavy atom. The van der Waals surface area contributed by atoms with Gasteiger partial charge in [-0.2, -0.15) is 0 Å². The molecule has 9 heteroatoms. The number of aromatic nitrogens is 2. The fourth-order valence-electron chi connectivity index (χ4n) is 2.59. The highest BCUT2D eigenvalue weighted by molar-refractivity contribution is 7.94. The Balaban J connectivity index is 1.77. The third-order valence-corrected chi connectivity index (χ3v) is 7.31. The number of nitrogens with zero attached hydrogens (tertiary/aromatic N) is 2. The summed E-state index contributed by atoms with van der Waals surface area (Å²) >= 11 is 2.52. The number of sulfonamides is 1. The average molecular weight is 404 g/mol. The van der Waals surface area contributed by atoms with Crippen molar-refractivity contribution in [2.24, 2.45) is 0 Å². The molecule has 132 valence electrons. The molecule has 1 aromatic carbocycles. The Morgan fingerprint density at radius 1 is 1.12 bits per heavy atom. The van der Waals surface area contributed by atoms with Gasteiger partial charge in [-0.05, 0) is 30.5 Å². The maximum Gasteiger partial charge on any atom is 0.271 e. The molecule has 0 saturated carbocycles. The number of hydrogen-bond acceptors (Lipinski definition) is 6. The van der Waals surface area contributed by atoms with Crippen LogP contribution in [0.4, 0.5) is 5.69 Å². The summed E-state index contributed by atoms with van der Waals surface area (Å²) in [6.07, 6.45) is 0. The Kier molecular flexibility index (Phi) is 4.14. The van der Waals surface area contributed by atoms with Gasteiger partial charge in [0.2, 0.25) is 0 Å². The number of hydrogen-bond donors (Lipinski definition) is 1. The second-order valence-corrected chi connectivity index (χ2v) is 9.29. The van der Waals surface area contributed by atoms with Gasteiger partial charge in [-0.3, -0.25) is 13.9 Å². The summed E-state index contributed by atoms with van der Waals surface area (Å²) in [4.78, 5) is 17.3. The average Bonchev–Trinajstić information content (AvgIpc) is 3.24. The van der Waals surface area contributed by atoms with Crippen LogP contribution in [-0.2, 0) is 10.0 Å². The molecule has 3 aromatic heterocycles. The molecular formula is C17H13N3O3S3. The third-order valence-electron chi connectivity index (χ3n) is 3.70. The van der Waals surface area contributed by atoms with E-state index >= 15 is 0 Å². The number of fused-ring (bicyclic) bond motifs is 1. The largest absolute Gasteiger partial charge is 0.279 e. The summed E-state index contributed by atoms with van der Waals surface area (Å²) in [6.45, 7) is 1.78. The zero-order valence-electron chi connectivity index (χ0n) is 13.5. The van der Waals surface area contributed by atoms with Crippen LogP contribution in [0, 0.1) is 6.92 Å². The molecule has 0 aliphatic rings. The van der Waals surface area contributed by atoms with Gasteiger partial charge in [-0.1, -0.05) is 18.2 Å². The van der Waals surface area contributed by atoms with E-state index in [1.54, 1.807) is 42.6 Å². The molecule has 0 unspecified atom stereocenters. The van der Waals surface area contributed by atoms with E-state index in [1.165, 1.54) is 21.8 Å². The van der Waals surface area contributed by atoms with Crippen LogP contribution in [0.5, 0.6) is 0 Å². The zero-order chi connectivity index (χ0) is 18.3. The second kappa shape index (κ2) is 6.35. The minimum atomic E-state index is -3.62. The highest BCUT2D eigenvalue weighted by Crippen LogP contribution is 2.27. The second-order valence-electron chi connectivity index (χ2n) is 5.59. The van der Waals surface area contributed by atoms with Gasteiger partial charge in [0.1, 0.15) is 4.21 Å². The quantitative estimate of drug-likeness (QED) is 0.565. The van der Waals surface area contributed by atoms with Crippen molar-refractivity contribution in [1.29, 1.82) is 0 Å². The normalized spacial score (nSPS) is 11.7. The first-order chi connectivity index (χ1) is 12.4. The monoisotopic (exact) mass is 403 g/mol. The molecule has 0 spiro atoms. The lowest BCUT2D eigenvalue weighted by Gasteiger charge is -2.08. The number of thiazole rings is 1. The van der Waals surface area contributed by atoms with E-state index in [4.69, 9.17) is 0 Å². The first kappa shape index (κ1) is 17.0. The molecule has 0 amide bonds. The smallest absolute Gasteiger partial charge is 0.271 e. The van der Waals surface area contributed by atoms with Crippen molar-refractivity contribution in [2.75, 3.05) is 4.72 Å². The number of aryl methyl sites for hydroxylation is 1. The SMILES string of the molecule is Cc1cc(=O)n2c(-c3cccc(NS(=O)(=O)c4cccs4)c3)csc2n1. The van der Waals surface area contributed by atoms with E-state index in [0.29, 0.717) is 22.0 Å². The summed E-state index contributed by atoms with van der Waals surface area (Å²) in [5.41, 5.74) is 2.35. The van der Waals surface area contributed by atoms with Crippen molar-refractivity contribution < 1.29 is 8.42 Å². The summed E-state index contributed by atoms with van der Waals surface area (Å²) in [6, 6.07) is 11.7. The number of nitrogens with one attached hydrogen (secondary N) is 1. The predicted octanol–water partition coefficient (Wildman–Crippen LogP) is 3.59. The van der Waals surface area contributed by atoms with Crippen molar-refractivity contribution in [2.45, 2.75) is 11.1 Å².